The molecule has 1 heterocycles. The zero-order chi connectivity index (χ0) is 16.6. The van der Waals surface area contributed by atoms with Gasteiger partial charge in [-0.25, -0.2) is 4.79 Å². The molecule has 120 valence electrons. The number of hydrogen-bond acceptors (Lipinski definition) is 8. The van der Waals surface area contributed by atoms with Crippen molar-refractivity contribution in [1.82, 2.24) is 9.97 Å². The lowest BCUT2D eigenvalue weighted by atomic mass is 10.0. The molecule has 7 N–H and O–H groups in total. The lowest BCUT2D eigenvalue weighted by Crippen LogP contribution is -2.46. The Kier molecular flexibility index (Phi) is 8.35. The monoisotopic (exact) mass is 306 g/mol. The summed E-state index contributed by atoms with van der Waals surface area (Å²) in [6, 6.07) is 0. The first-order valence-corrected chi connectivity index (χ1v) is 5.81. The second-order valence-corrected chi connectivity index (χ2v) is 4.11. The van der Waals surface area contributed by atoms with Gasteiger partial charge in [0.25, 0.3) is 5.56 Å². The Balaban J connectivity index is 0.000000394. The zero-order valence-corrected chi connectivity index (χ0v) is 11.1. The predicted octanol–water partition coefficient (Wildman–Crippen LogP) is -4.01. The molecule has 10 heteroatoms. The van der Waals surface area contributed by atoms with E-state index in [1.54, 1.807) is 6.92 Å². The van der Waals surface area contributed by atoms with Crippen LogP contribution in [0.4, 0.5) is 0 Å². The standard InChI is InChI=1S/C6H12O6.C5H6N2O2/c7-1-3(9)5(11)6(12)4(10)2-8;1-3-2-6-5(9)7-4(3)8/h1,3-6,8-12H,2H2;2H,1H3,(H2,6,7,8,9)/t3-,4+,5+,6+;/m0./s1. The van der Waals surface area contributed by atoms with Gasteiger partial charge >= 0.3 is 5.69 Å². The number of aliphatic hydroxyl groups excluding tert-OH is 5. The Morgan fingerprint density at radius 1 is 1.19 bits per heavy atom. The highest BCUT2D eigenvalue weighted by Gasteiger charge is 2.29. The molecule has 0 amide bonds. The summed E-state index contributed by atoms with van der Waals surface area (Å²) in [5.74, 6) is 0. The summed E-state index contributed by atoms with van der Waals surface area (Å²) in [7, 11) is 0. The largest absolute Gasteiger partial charge is 0.394 e. The number of aldehydes is 1. The number of nitrogens with one attached hydrogen (secondary N) is 2. The highest BCUT2D eigenvalue weighted by atomic mass is 16.4. The molecule has 1 aromatic heterocycles. The van der Waals surface area contributed by atoms with E-state index in [1.165, 1.54) is 6.20 Å². The Bertz CT molecular complexity index is 540. The fourth-order valence-corrected chi connectivity index (χ4v) is 1.10. The quantitative estimate of drug-likeness (QED) is 0.268. The van der Waals surface area contributed by atoms with Crippen LogP contribution in [-0.2, 0) is 4.79 Å². The van der Waals surface area contributed by atoms with E-state index in [1.807, 2.05) is 0 Å². The van der Waals surface area contributed by atoms with Crippen molar-refractivity contribution in [2.45, 2.75) is 31.3 Å². The summed E-state index contributed by atoms with van der Waals surface area (Å²) < 4.78 is 0. The molecular formula is C11H18N2O8. The van der Waals surface area contributed by atoms with E-state index in [0.717, 1.165) is 0 Å². The van der Waals surface area contributed by atoms with Gasteiger partial charge in [0.1, 0.15) is 24.4 Å². The van der Waals surface area contributed by atoms with Crippen LogP contribution in [0, 0.1) is 6.92 Å². The molecular weight excluding hydrogens is 288 g/mol. The van der Waals surface area contributed by atoms with Gasteiger partial charge in [0.05, 0.1) is 6.61 Å². The summed E-state index contributed by atoms with van der Waals surface area (Å²) in [6.45, 7) is 0.860. The van der Waals surface area contributed by atoms with Crippen LogP contribution in [0.5, 0.6) is 0 Å². The van der Waals surface area contributed by atoms with Gasteiger partial charge < -0.3 is 35.3 Å². The smallest absolute Gasteiger partial charge is 0.325 e. The molecule has 0 aliphatic rings. The summed E-state index contributed by atoms with van der Waals surface area (Å²) in [5, 5.41) is 43.5. The van der Waals surface area contributed by atoms with E-state index in [9.17, 15) is 14.4 Å². The Labute approximate surface area is 118 Å². The van der Waals surface area contributed by atoms with Crippen LogP contribution in [0.25, 0.3) is 0 Å². The lowest BCUT2D eigenvalue weighted by molar-refractivity contribution is -0.136. The summed E-state index contributed by atoms with van der Waals surface area (Å²) in [6.07, 6.45) is -5.46. The first-order valence-electron chi connectivity index (χ1n) is 5.81. The highest BCUT2D eigenvalue weighted by molar-refractivity contribution is 5.56. The van der Waals surface area contributed by atoms with Gasteiger partial charge in [-0.3, -0.25) is 9.78 Å². The first-order chi connectivity index (χ1) is 9.74. The van der Waals surface area contributed by atoms with Crippen molar-refractivity contribution in [3.63, 3.8) is 0 Å². The van der Waals surface area contributed by atoms with Gasteiger partial charge in [-0.2, -0.15) is 0 Å². The van der Waals surface area contributed by atoms with Crippen molar-refractivity contribution >= 4 is 6.29 Å². The van der Waals surface area contributed by atoms with Crippen LogP contribution in [0.1, 0.15) is 5.56 Å². The van der Waals surface area contributed by atoms with Crippen LogP contribution in [0.2, 0.25) is 0 Å². The van der Waals surface area contributed by atoms with E-state index in [-0.39, 0.29) is 11.8 Å². The van der Waals surface area contributed by atoms with Crippen LogP contribution in [0.15, 0.2) is 15.8 Å². The average Bonchev–Trinajstić information content (AvgIpc) is 2.48. The number of rotatable bonds is 5. The lowest BCUT2D eigenvalue weighted by Gasteiger charge is -2.22. The highest BCUT2D eigenvalue weighted by Crippen LogP contribution is 2.02. The van der Waals surface area contributed by atoms with Gasteiger partial charge in [-0.05, 0) is 6.92 Å². The summed E-state index contributed by atoms with van der Waals surface area (Å²) >= 11 is 0. The van der Waals surface area contributed by atoms with Gasteiger partial charge in [-0.15, -0.1) is 0 Å². The van der Waals surface area contributed by atoms with Gasteiger partial charge in [-0.1, -0.05) is 0 Å². The Hall–Kier alpha value is -1.85. The Morgan fingerprint density at radius 2 is 1.76 bits per heavy atom. The number of aliphatic hydroxyl groups is 5. The maximum absolute atomic E-state index is 10.6. The van der Waals surface area contributed by atoms with Crippen LogP contribution in [-0.4, -0.2) is 72.8 Å². The fraction of sp³-hybridized carbons (Fsp3) is 0.545. The van der Waals surface area contributed by atoms with Crippen LogP contribution in [0.3, 0.4) is 0 Å². The second kappa shape index (κ2) is 9.15. The maximum Gasteiger partial charge on any atom is 0.325 e. The molecule has 0 spiro atoms. The van der Waals surface area contributed by atoms with Crippen molar-refractivity contribution in [2.24, 2.45) is 0 Å². The number of H-pyrrole nitrogens is 2. The van der Waals surface area contributed by atoms with Crippen LogP contribution >= 0.6 is 0 Å². The first kappa shape index (κ1) is 19.1. The SMILES string of the molecule is Cc1c[nH]c(=O)[nH]c1=O.O=C[C@H](O)[C@@H](O)[C@H](O)[C@H](O)CO. The number of aromatic nitrogens is 2. The third-order valence-electron chi connectivity index (χ3n) is 2.43. The summed E-state index contributed by atoms with van der Waals surface area (Å²) in [5.41, 5.74) is -0.293. The van der Waals surface area contributed by atoms with Gasteiger partial charge in [0.2, 0.25) is 0 Å². The molecule has 0 aliphatic carbocycles. The summed E-state index contributed by atoms with van der Waals surface area (Å²) in [4.78, 5) is 35.2. The molecule has 1 aromatic rings. The van der Waals surface area contributed by atoms with Crippen molar-refractivity contribution < 1.29 is 30.3 Å². The second-order valence-electron chi connectivity index (χ2n) is 4.11. The minimum Gasteiger partial charge on any atom is -0.394 e. The van der Waals surface area contributed by atoms with Crippen molar-refractivity contribution in [3.05, 3.63) is 32.6 Å². The number of carbonyl (C=O) groups excluding carboxylic acids is 1. The molecule has 21 heavy (non-hydrogen) atoms. The molecule has 4 atom stereocenters. The van der Waals surface area contributed by atoms with Crippen LogP contribution < -0.4 is 11.2 Å². The average molecular weight is 306 g/mol. The molecule has 0 unspecified atom stereocenters. The number of hydrogen-bond donors (Lipinski definition) is 7. The molecule has 0 aromatic carbocycles. The van der Waals surface area contributed by atoms with E-state index in [0.29, 0.717) is 5.56 Å². The van der Waals surface area contributed by atoms with E-state index >= 15 is 0 Å². The maximum atomic E-state index is 10.6. The van der Waals surface area contributed by atoms with Crippen molar-refractivity contribution in [2.75, 3.05) is 6.61 Å². The molecule has 1 rings (SSSR count). The predicted molar refractivity (Wildman–Crippen MR) is 69.6 cm³/mol. The third-order valence-corrected chi connectivity index (χ3v) is 2.43. The topological polar surface area (TPSA) is 184 Å². The third kappa shape index (κ3) is 6.42. The van der Waals surface area contributed by atoms with Gasteiger partial charge in [0.15, 0.2) is 6.29 Å². The number of carbonyl (C=O) groups is 1. The van der Waals surface area contributed by atoms with Gasteiger partial charge in [0, 0.05) is 11.8 Å². The molecule has 0 bridgehead atoms. The molecule has 0 radical (unpaired) electrons. The van der Waals surface area contributed by atoms with Crippen molar-refractivity contribution in [3.8, 4) is 0 Å². The molecule has 0 aliphatic heterocycles. The molecule has 0 fully saturated rings. The Morgan fingerprint density at radius 3 is 2.14 bits per heavy atom. The number of aryl methyl sites for hydroxylation is 1. The van der Waals surface area contributed by atoms with E-state index in [4.69, 9.17) is 25.5 Å². The number of aromatic amines is 2. The van der Waals surface area contributed by atoms with E-state index < -0.39 is 36.7 Å². The molecule has 0 saturated heterocycles. The van der Waals surface area contributed by atoms with Crippen molar-refractivity contribution in [1.29, 1.82) is 0 Å². The normalized spacial score (nSPS) is 16.1. The fourth-order valence-electron chi connectivity index (χ4n) is 1.10. The van der Waals surface area contributed by atoms with E-state index in [2.05, 4.69) is 9.97 Å². The minimum absolute atomic E-state index is 0.0258. The minimum atomic E-state index is -1.79. The molecule has 0 saturated carbocycles. The molecule has 10 nitrogen and oxygen atoms in total. The zero-order valence-electron chi connectivity index (χ0n) is 11.1.